The van der Waals surface area contributed by atoms with Gasteiger partial charge in [-0.05, 0) is 38.0 Å². The third-order valence-electron chi connectivity index (χ3n) is 5.55. The molecular formula is C22H41IN4O2. The normalized spacial score (nSPS) is 20.4. The zero-order valence-corrected chi connectivity index (χ0v) is 21.4. The van der Waals surface area contributed by atoms with Crippen LogP contribution in [0.25, 0.3) is 0 Å². The van der Waals surface area contributed by atoms with E-state index in [-0.39, 0.29) is 35.5 Å². The molecule has 1 aromatic heterocycles. The highest BCUT2D eigenvalue weighted by molar-refractivity contribution is 14.0. The minimum absolute atomic E-state index is 0. The Kier molecular flexibility index (Phi) is 11.5. The van der Waals surface area contributed by atoms with Gasteiger partial charge in [0, 0.05) is 37.6 Å². The molecule has 1 aliphatic rings. The highest BCUT2D eigenvalue weighted by atomic mass is 127. The molecule has 1 aromatic rings. The third-order valence-corrected chi connectivity index (χ3v) is 5.55. The van der Waals surface area contributed by atoms with Crippen LogP contribution in [0, 0.1) is 11.3 Å². The van der Waals surface area contributed by atoms with E-state index < -0.39 is 0 Å². The second-order valence-electron chi connectivity index (χ2n) is 8.87. The number of hydrogen-bond donors (Lipinski definition) is 2. The van der Waals surface area contributed by atoms with Crippen molar-refractivity contribution in [2.24, 2.45) is 16.3 Å². The van der Waals surface area contributed by atoms with E-state index in [9.17, 15) is 0 Å². The Morgan fingerprint density at radius 2 is 1.97 bits per heavy atom. The Balaban J connectivity index is 0.00000420. The molecule has 2 heterocycles. The number of hydrogen-bond acceptors (Lipinski definition) is 4. The second-order valence-corrected chi connectivity index (χ2v) is 8.87. The number of aliphatic imine (C=N–C) groups is 1. The van der Waals surface area contributed by atoms with Crippen LogP contribution in [0.15, 0.2) is 15.6 Å². The first kappa shape index (κ1) is 26.2. The van der Waals surface area contributed by atoms with Crippen LogP contribution in [0.1, 0.15) is 84.6 Å². The van der Waals surface area contributed by atoms with Gasteiger partial charge in [0.05, 0.1) is 11.8 Å². The predicted octanol–water partition coefficient (Wildman–Crippen LogP) is 5.09. The van der Waals surface area contributed by atoms with Crippen molar-refractivity contribution in [3.63, 3.8) is 0 Å². The number of nitrogens with one attached hydrogen (secondary N) is 2. The molecule has 6 nitrogen and oxygen atoms in total. The Morgan fingerprint density at radius 1 is 1.24 bits per heavy atom. The van der Waals surface area contributed by atoms with Crippen molar-refractivity contribution >= 4 is 29.9 Å². The summed E-state index contributed by atoms with van der Waals surface area (Å²) in [5, 5.41) is 11.1. The minimum atomic E-state index is 0. The lowest BCUT2D eigenvalue weighted by molar-refractivity contribution is -0.0835. The van der Waals surface area contributed by atoms with E-state index in [0.717, 1.165) is 56.4 Å². The first-order chi connectivity index (χ1) is 13.4. The van der Waals surface area contributed by atoms with E-state index in [1.807, 2.05) is 0 Å². The van der Waals surface area contributed by atoms with Gasteiger partial charge in [-0.25, -0.2) is 4.99 Å². The van der Waals surface area contributed by atoms with Crippen LogP contribution in [-0.2, 0) is 11.3 Å². The number of guanidine groups is 1. The number of aromatic nitrogens is 1. The molecule has 0 spiro atoms. The van der Waals surface area contributed by atoms with Crippen molar-refractivity contribution in [2.45, 2.75) is 85.8 Å². The van der Waals surface area contributed by atoms with Gasteiger partial charge in [-0.3, -0.25) is 0 Å². The van der Waals surface area contributed by atoms with Gasteiger partial charge in [0.15, 0.2) is 11.7 Å². The summed E-state index contributed by atoms with van der Waals surface area (Å²) >= 11 is 0. The average molecular weight is 521 g/mol. The van der Waals surface area contributed by atoms with Gasteiger partial charge in [0.1, 0.15) is 6.54 Å². The van der Waals surface area contributed by atoms with Gasteiger partial charge >= 0.3 is 0 Å². The van der Waals surface area contributed by atoms with Crippen molar-refractivity contribution in [1.29, 1.82) is 0 Å². The Bertz CT molecular complexity index is 608. The van der Waals surface area contributed by atoms with Crippen molar-refractivity contribution in [2.75, 3.05) is 19.7 Å². The number of nitrogens with zero attached hydrogens (tertiary/aromatic N) is 2. The third kappa shape index (κ3) is 8.07. The van der Waals surface area contributed by atoms with Crippen LogP contribution >= 0.6 is 24.0 Å². The van der Waals surface area contributed by atoms with E-state index in [1.165, 1.54) is 6.42 Å². The Labute approximate surface area is 194 Å². The fourth-order valence-electron chi connectivity index (χ4n) is 4.04. The molecule has 2 unspecified atom stereocenters. The summed E-state index contributed by atoms with van der Waals surface area (Å²) in [5.41, 5.74) is 1.19. The zero-order valence-electron chi connectivity index (χ0n) is 19.1. The first-order valence-corrected chi connectivity index (χ1v) is 11.0. The Hall–Kier alpha value is -0.830. The van der Waals surface area contributed by atoms with Crippen LogP contribution in [0.2, 0.25) is 0 Å². The maximum Gasteiger partial charge on any atom is 0.191 e. The number of ether oxygens (including phenoxy) is 1. The van der Waals surface area contributed by atoms with Crippen LogP contribution in [0.3, 0.4) is 0 Å². The smallest absolute Gasteiger partial charge is 0.191 e. The lowest BCUT2D eigenvalue weighted by Gasteiger charge is -2.40. The SMILES string of the molecule is CCNC(=NCc1cc(C(CC)CC)no1)NCC1CCCOC1C(C)(C)C.I. The molecule has 1 fully saturated rings. The van der Waals surface area contributed by atoms with Gasteiger partial charge in [0.25, 0.3) is 0 Å². The summed E-state index contributed by atoms with van der Waals surface area (Å²) in [6.45, 7) is 16.3. The molecule has 0 bridgehead atoms. The predicted molar refractivity (Wildman–Crippen MR) is 130 cm³/mol. The fraction of sp³-hybridized carbons (Fsp3) is 0.818. The summed E-state index contributed by atoms with van der Waals surface area (Å²) in [4.78, 5) is 4.70. The molecule has 2 rings (SSSR count). The summed E-state index contributed by atoms with van der Waals surface area (Å²) in [5.74, 6) is 2.59. The van der Waals surface area contributed by atoms with Crippen LogP contribution < -0.4 is 10.6 Å². The quantitative estimate of drug-likeness (QED) is 0.284. The van der Waals surface area contributed by atoms with Crippen molar-refractivity contribution in [3.05, 3.63) is 17.5 Å². The topological polar surface area (TPSA) is 71.7 Å². The molecule has 7 heteroatoms. The van der Waals surface area contributed by atoms with Gasteiger partial charge in [0.2, 0.25) is 0 Å². The maximum absolute atomic E-state index is 6.10. The fourth-order valence-corrected chi connectivity index (χ4v) is 4.04. The summed E-state index contributed by atoms with van der Waals surface area (Å²) in [6.07, 6.45) is 4.75. The zero-order chi connectivity index (χ0) is 20.6. The van der Waals surface area contributed by atoms with E-state index in [1.54, 1.807) is 0 Å². The molecule has 0 aromatic carbocycles. The van der Waals surface area contributed by atoms with E-state index in [2.05, 4.69) is 63.4 Å². The molecule has 29 heavy (non-hydrogen) atoms. The van der Waals surface area contributed by atoms with Crippen LogP contribution in [0.5, 0.6) is 0 Å². The van der Waals surface area contributed by atoms with Crippen LogP contribution in [-0.4, -0.2) is 36.9 Å². The highest BCUT2D eigenvalue weighted by Crippen LogP contribution is 2.33. The highest BCUT2D eigenvalue weighted by Gasteiger charge is 2.35. The molecular weight excluding hydrogens is 479 g/mol. The molecule has 0 aliphatic carbocycles. The minimum Gasteiger partial charge on any atom is -0.377 e. The van der Waals surface area contributed by atoms with Gasteiger partial charge in [-0.2, -0.15) is 0 Å². The molecule has 2 N–H and O–H groups in total. The van der Waals surface area contributed by atoms with E-state index >= 15 is 0 Å². The van der Waals surface area contributed by atoms with Crippen molar-refractivity contribution in [3.8, 4) is 0 Å². The molecule has 0 amide bonds. The summed E-state index contributed by atoms with van der Waals surface area (Å²) in [7, 11) is 0. The van der Waals surface area contributed by atoms with Gasteiger partial charge < -0.3 is 19.9 Å². The molecule has 0 saturated carbocycles. The molecule has 1 saturated heterocycles. The summed E-state index contributed by atoms with van der Waals surface area (Å²) < 4.78 is 11.6. The number of rotatable bonds is 8. The van der Waals surface area contributed by atoms with E-state index in [0.29, 0.717) is 18.4 Å². The summed E-state index contributed by atoms with van der Waals surface area (Å²) in [6, 6.07) is 2.05. The van der Waals surface area contributed by atoms with Gasteiger partial charge in [-0.15, -0.1) is 24.0 Å². The largest absolute Gasteiger partial charge is 0.377 e. The molecule has 2 atom stereocenters. The first-order valence-electron chi connectivity index (χ1n) is 11.0. The lowest BCUT2D eigenvalue weighted by Crippen LogP contribution is -2.47. The average Bonchev–Trinajstić information content (AvgIpc) is 3.13. The maximum atomic E-state index is 6.10. The van der Waals surface area contributed by atoms with Crippen molar-refractivity contribution < 1.29 is 9.26 Å². The number of halogens is 1. The Morgan fingerprint density at radius 3 is 2.59 bits per heavy atom. The standard InChI is InChI=1S/C22H40N4O2.HI/c1-7-16(8-2)19-13-18(28-26-19)15-25-21(23-9-3)24-14-17-11-10-12-27-20(17)22(4,5)6;/h13,16-17,20H,7-12,14-15H2,1-6H3,(H2,23,24,25);1H. The second kappa shape index (κ2) is 12.8. The van der Waals surface area contributed by atoms with E-state index in [4.69, 9.17) is 14.3 Å². The molecule has 168 valence electrons. The van der Waals surface area contributed by atoms with Crippen LogP contribution in [0.4, 0.5) is 0 Å². The molecule has 0 radical (unpaired) electrons. The van der Waals surface area contributed by atoms with Gasteiger partial charge in [-0.1, -0.05) is 39.8 Å². The van der Waals surface area contributed by atoms with Crippen molar-refractivity contribution in [1.82, 2.24) is 15.8 Å². The molecule has 1 aliphatic heterocycles. The lowest BCUT2D eigenvalue weighted by atomic mass is 9.78. The monoisotopic (exact) mass is 520 g/mol.